The van der Waals surface area contributed by atoms with Gasteiger partial charge >= 0.3 is 0 Å². The Morgan fingerprint density at radius 3 is 2.90 bits per heavy atom. The molecule has 0 radical (unpaired) electrons. The molecule has 4 heteroatoms. The number of benzene rings is 1. The Morgan fingerprint density at radius 2 is 2.10 bits per heavy atom. The smallest absolute Gasteiger partial charge is 0.138 e. The lowest BCUT2D eigenvalue weighted by Crippen LogP contribution is -2.19. The summed E-state index contributed by atoms with van der Waals surface area (Å²) in [6.45, 7) is 2.10. The second-order valence-corrected chi connectivity index (χ2v) is 6.34. The lowest BCUT2D eigenvalue weighted by atomic mass is 9.93. The molecule has 0 amide bonds. The maximum absolute atomic E-state index is 6.09. The van der Waals surface area contributed by atoms with Gasteiger partial charge < -0.3 is 5.73 Å². The predicted octanol–water partition coefficient (Wildman–Crippen LogP) is 3.41. The Balaban J connectivity index is 1.70. The van der Waals surface area contributed by atoms with Crippen molar-refractivity contribution in [2.75, 3.05) is 0 Å². The highest BCUT2D eigenvalue weighted by molar-refractivity contribution is 7.98. The van der Waals surface area contributed by atoms with Crippen molar-refractivity contribution in [1.29, 1.82) is 0 Å². The molecule has 0 spiro atoms. The van der Waals surface area contributed by atoms with E-state index in [1.165, 1.54) is 10.5 Å². The minimum atomic E-state index is 0.123. The molecule has 1 aliphatic rings. The third kappa shape index (κ3) is 3.02. The number of thioether (sulfide) groups is 1. The maximum Gasteiger partial charge on any atom is 0.138 e. The molecule has 0 saturated carbocycles. The predicted molar refractivity (Wildman–Crippen MR) is 82.6 cm³/mol. The van der Waals surface area contributed by atoms with Crippen LogP contribution in [0.15, 0.2) is 35.4 Å². The van der Waals surface area contributed by atoms with E-state index in [9.17, 15) is 0 Å². The van der Waals surface area contributed by atoms with Crippen molar-refractivity contribution in [2.24, 2.45) is 5.73 Å². The van der Waals surface area contributed by atoms with Gasteiger partial charge in [-0.3, -0.25) is 0 Å². The summed E-state index contributed by atoms with van der Waals surface area (Å²) in [5, 5.41) is 0. The summed E-state index contributed by atoms with van der Waals surface area (Å²) in [7, 11) is 0. The van der Waals surface area contributed by atoms with Crippen molar-refractivity contribution >= 4 is 11.8 Å². The van der Waals surface area contributed by atoms with Crippen molar-refractivity contribution in [2.45, 2.75) is 42.9 Å². The van der Waals surface area contributed by atoms with Gasteiger partial charge in [-0.1, -0.05) is 17.7 Å². The van der Waals surface area contributed by atoms with E-state index in [2.05, 4.69) is 41.2 Å². The standard InChI is InChI=1S/C16H19N3S/c1-11-5-7-12(8-6-11)20-10-16-18-9-13-14(17)3-2-4-15(13)19-16/h5-9,14H,2-4,10,17H2,1H3. The zero-order valence-electron chi connectivity index (χ0n) is 11.7. The van der Waals surface area contributed by atoms with E-state index in [-0.39, 0.29) is 6.04 Å². The van der Waals surface area contributed by atoms with E-state index in [1.807, 2.05) is 6.20 Å². The molecule has 0 aliphatic heterocycles. The van der Waals surface area contributed by atoms with Crippen LogP contribution in [0.3, 0.4) is 0 Å². The number of aromatic nitrogens is 2. The Morgan fingerprint density at radius 1 is 1.30 bits per heavy atom. The summed E-state index contributed by atoms with van der Waals surface area (Å²) in [5.41, 5.74) is 9.67. The van der Waals surface area contributed by atoms with Crippen molar-refractivity contribution in [3.63, 3.8) is 0 Å². The van der Waals surface area contributed by atoms with Gasteiger partial charge in [-0.25, -0.2) is 9.97 Å². The van der Waals surface area contributed by atoms with Crippen LogP contribution in [0, 0.1) is 6.92 Å². The quantitative estimate of drug-likeness (QED) is 0.878. The molecule has 104 valence electrons. The van der Waals surface area contributed by atoms with E-state index in [1.54, 1.807) is 11.8 Å². The van der Waals surface area contributed by atoms with Gasteiger partial charge in [0.2, 0.25) is 0 Å². The first kappa shape index (κ1) is 13.6. The van der Waals surface area contributed by atoms with Crippen molar-refractivity contribution < 1.29 is 0 Å². The van der Waals surface area contributed by atoms with E-state index in [4.69, 9.17) is 5.73 Å². The van der Waals surface area contributed by atoms with Crippen LogP contribution in [0.25, 0.3) is 0 Å². The van der Waals surface area contributed by atoms with Crippen molar-refractivity contribution in [3.05, 3.63) is 53.1 Å². The van der Waals surface area contributed by atoms with Crippen LogP contribution in [-0.4, -0.2) is 9.97 Å². The average Bonchev–Trinajstić information content (AvgIpc) is 2.47. The monoisotopic (exact) mass is 285 g/mol. The number of nitrogens with zero attached hydrogens (tertiary/aromatic N) is 2. The highest BCUT2D eigenvalue weighted by Gasteiger charge is 2.18. The van der Waals surface area contributed by atoms with Gasteiger partial charge in [0.05, 0.1) is 5.75 Å². The lowest BCUT2D eigenvalue weighted by molar-refractivity contribution is 0.554. The number of nitrogens with two attached hydrogens (primary N) is 1. The Hall–Kier alpha value is -1.39. The molecule has 1 aliphatic carbocycles. The molecule has 1 atom stereocenters. The van der Waals surface area contributed by atoms with Gasteiger partial charge in [-0.2, -0.15) is 0 Å². The van der Waals surface area contributed by atoms with Gasteiger partial charge in [0.25, 0.3) is 0 Å². The second kappa shape index (κ2) is 5.94. The van der Waals surface area contributed by atoms with Crippen LogP contribution in [0.4, 0.5) is 0 Å². The van der Waals surface area contributed by atoms with Crippen LogP contribution < -0.4 is 5.73 Å². The minimum absolute atomic E-state index is 0.123. The summed E-state index contributed by atoms with van der Waals surface area (Å²) in [5.74, 6) is 1.72. The van der Waals surface area contributed by atoms with Crippen LogP contribution in [0.5, 0.6) is 0 Å². The molecule has 0 fully saturated rings. The molecule has 1 unspecified atom stereocenters. The molecule has 0 bridgehead atoms. The van der Waals surface area contributed by atoms with E-state index in [0.717, 1.165) is 42.1 Å². The minimum Gasteiger partial charge on any atom is -0.324 e. The van der Waals surface area contributed by atoms with Gasteiger partial charge in [-0.15, -0.1) is 11.8 Å². The molecule has 1 aromatic carbocycles. The van der Waals surface area contributed by atoms with Gasteiger partial charge in [0.15, 0.2) is 0 Å². The first-order chi connectivity index (χ1) is 9.72. The zero-order chi connectivity index (χ0) is 13.9. The Kier molecular flexibility index (Phi) is 4.03. The van der Waals surface area contributed by atoms with Crippen LogP contribution in [0.2, 0.25) is 0 Å². The van der Waals surface area contributed by atoms with Crippen LogP contribution in [0.1, 0.15) is 41.5 Å². The summed E-state index contributed by atoms with van der Waals surface area (Å²) in [4.78, 5) is 10.4. The molecule has 2 N–H and O–H groups in total. The van der Waals surface area contributed by atoms with Crippen LogP contribution in [-0.2, 0) is 12.2 Å². The van der Waals surface area contributed by atoms with E-state index >= 15 is 0 Å². The van der Waals surface area contributed by atoms with Crippen molar-refractivity contribution in [1.82, 2.24) is 9.97 Å². The normalized spacial score (nSPS) is 17.8. The summed E-state index contributed by atoms with van der Waals surface area (Å²) >= 11 is 1.78. The molecule has 0 saturated heterocycles. The molecular formula is C16H19N3S. The lowest BCUT2D eigenvalue weighted by Gasteiger charge is -2.20. The first-order valence-electron chi connectivity index (χ1n) is 7.02. The SMILES string of the molecule is Cc1ccc(SCc2ncc3c(n2)CCCC3N)cc1. The second-order valence-electron chi connectivity index (χ2n) is 5.29. The average molecular weight is 285 g/mol. The summed E-state index contributed by atoms with van der Waals surface area (Å²) in [6.07, 6.45) is 5.15. The highest BCUT2D eigenvalue weighted by atomic mass is 32.2. The van der Waals surface area contributed by atoms with Crippen molar-refractivity contribution in [3.8, 4) is 0 Å². The Labute approximate surface area is 124 Å². The largest absolute Gasteiger partial charge is 0.324 e. The van der Waals surface area contributed by atoms with Gasteiger partial charge in [0.1, 0.15) is 5.82 Å². The molecule has 20 heavy (non-hydrogen) atoms. The Bertz CT molecular complexity index is 595. The molecule has 3 rings (SSSR count). The third-order valence-electron chi connectivity index (χ3n) is 3.67. The molecule has 1 aromatic heterocycles. The number of hydrogen-bond acceptors (Lipinski definition) is 4. The summed E-state index contributed by atoms with van der Waals surface area (Å²) in [6, 6.07) is 8.69. The van der Waals surface area contributed by atoms with E-state index < -0.39 is 0 Å². The molecular weight excluding hydrogens is 266 g/mol. The highest BCUT2D eigenvalue weighted by Crippen LogP contribution is 2.27. The first-order valence-corrected chi connectivity index (χ1v) is 8.00. The number of fused-ring (bicyclic) bond motifs is 1. The topological polar surface area (TPSA) is 51.8 Å². The van der Waals surface area contributed by atoms with Gasteiger partial charge in [0, 0.05) is 28.4 Å². The third-order valence-corrected chi connectivity index (χ3v) is 4.68. The molecule has 2 aromatic rings. The number of hydrogen-bond donors (Lipinski definition) is 1. The van der Waals surface area contributed by atoms with Gasteiger partial charge in [-0.05, 0) is 38.3 Å². The fraction of sp³-hybridized carbons (Fsp3) is 0.375. The fourth-order valence-corrected chi connectivity index (χ4v) is 3.24. The van der Waals surface area contributed by atoms with Crippen LogP contribution >= 0.6 is 11.8 Å². The maximum atomic E-state index is 6.09. The molecule has 3 nitrogen and oxygen atoms in total. The van der Waals surface area contributed by atoms with E-state index in [0.29, 0.717) is 0 Å². The number of aryl methyl sites for hydroxylation is 2. The summed E-state index contributed by atoms with van der Waals surface area (Å²) < 4.78 is 0. The number of rotatable bonds is 3. The fourth-order valence-electron chi connectivity index (χ4n) is 2.47. The zero-order valence-corrected chi connectivity index (χ0v) is 12.5. The molecule has 1 heterocycles.